The molecule has 3 heteroatoms. The summed E-state index contributed by atoms with van der Waals surface area (Å²) in [7, 11) is 0. The molecule has 4 rings (SSSR count). The number of benzene rings is 1. The van der Waals surface area contributed by atoms with Crippen molar-refractivity contribution >= 4 is 16.5 Å². The Bertz CT molecular complexity index is 967. The van der Waals surface area contributed by atoms with Gasteiger partial charge in [-0.15, -0.1) is 0 Å². The monoisotopic (exact) mass is 334 g/mol. The van der Waals surface area contributed by atoms with Crippen molar-refractivity contribution in [1.82, 2.24) is 0 Å². The van der Waals surface area contributed by atoms with E-state index in [1.165, 1.54) is 18.4 Å². The molecule has 0 bridgehead atoms. The second-order valence-corrected chi connectivity index (χ2v) is 7.07. The van der Waals surface area contributed by atoms with E-state index < -0.39 is 0 Å². The predicted octanol–water partition coefficient (Wildman–Crippen LogP) is 5.45. The quantitative estimate of drug-likeness (QED) is 0.795. The van der Waals surface area contributed by atoms with Gasteiger partial charge < -0.3 is 9.52 Å². The van der Waals surface area contributed by atoms with Crippen LogP contribution in [-0.4, -0.2) is 5.11 Å². The fourth-order valence-corrected chi connectivity index (χ4v) is 3.84. The minimum atomic E-state index is -0.00740. The summed E-state index contributed by atoms with van der Waals surface area (Å²) in [6.45, 7) is 2.09. The van der Waals surface area contributed by atoms with Crippen LogP contribution < -0.4 is 5.43 Å². The van der Waals surface area contributed by atoms with E-state index in [0.717, 1.165) is 30.6 Å². The average Bonchev–Trinajstić information content (AvgIpc) is 3.04. The lowest BCUT2D eigenvalue weighted by molar-refractivity contribution is 0.464. The fourth-order valence-electron chi connectivity index (χ4n) is 3.84. The molecule has 1 heterocycles. The van der Waals surface area contributed by atoms with Crippen LogP contribution in [0.5, 0.6) is 5.75 Å². The molecule has 1 saturated carbocycles. The molecular formula is C22H22O3. The van der Waals surface area contributed by atoms with E-state index in [1.807, 2.05) is 12.2 Å². The highest BCUT2D eigenvalue weighted by molar-refractivity contribution is 5.85. The SMILES string of the molecule is CC1=CC=C(c2c(C3CCCC3)oc3cc(O)ccc3c2=O)C=CC1. The van der Waals surface area contributed by atoms with Gasteiger partial charge >= 0.3 is 0 Å². The first-order valence-corrected chi connectivity index (χ1v) is 8.97. The van der Waals surface area contributed by atoms with E-state index in [-0.39, 0.29) is 17.1 Å². The molecule has 1 N–H and O–H groups in total. The second-order valence-electron chi connectivity index (χ2n) is 7.07. The van der Waals surface area contributed by atoms with Crippen molar-refractivity contribution in [2.75, 3.05) is 0 Å². The zero-order chi connectivity index (χ0) is 17.4. The van der Waals surface area contributed by atoms with Gasteiger partial charge in [-0.25, -0.2) is 0 Å². The molecule has 0 aliphatic heterocycles. The standard InChI is InChI=1S/C22H22O3/c1-14-5-4-8-15(10-9-14)20-21(24)18-12-11-17(23)13-19(18)25-22(20)16-6-2-3-7-16/h4,8-13,16,23H,2-3,5-7H2,1H3. The lowest BCUT2D eigenvalue weighted by atomic mass is 9.93. The minimum absolute atomic E-state index is 0.00740. The van der Waals surface area contributed by atoms with Crippen LogP contribution in [0.15, 0.2) is 57.3 Å². The van der Waals surface area contributed by atoms with Crippen molar-refractivity contribution in [2.24, 2.45) is 0 Å². The molecule has 1 aromatic carbocycles. The van der Waals surface area contributed by atoms with E-state index in [9.17, 15) is 9.90 Å². The molecule has 2 aliphatic carbocycles. The van der Waals surface area contributed by atoms with Gasteiger partial charge in [0.1, 0.15) is 17.1 Å². The number of phenols is 1. The van der Waals surface area contributed by atoms with Gasteiger partial charge in [0.2, 0.25) is 5.43 Å². The Balaban J connectivity index is 2.00. The summed E-state index contributed by atoms with van der Waals surface area (Å²) in [5, 5.41) is 10.3. The number of rotatable bonds is 2. The number of hydrogen-bond donors (Lipinski definition) is 1. The van der Waals surface area contributed by atoms with Gasteiger partial charge in [0, 0.05) is 12.0 Å². The molecule has 0 atom stereocenters. The fraction of sp³-hybridized carbons (Fsp3) is 0.318. The first kappa shape index (κ1) is 15.9. The van der Waals surface area contributed by atoms with Crippen molar-refractivity contribution in [1.29, 1.82) is 0 Å². The molecule has 1 aromatic heterocycles. The van der Waals surface area contributed by atoms with Crippen LogP contribution in [0.3, 0.4) is 0 Å². The second kappa shape index (κ2) is 6.40. The molecule has 25 heavy (non-hydrogen) atoms. The van der Waals surface area contributed by atoms with Crippen LogP contribution in [0, 0.1) is 0 Å². The highest BCUT2D eigenvalue weighted by Crippen LogP contribution is 2.39. The maximum absolute atomic E-state index is 13.3. The topological polar surface area (TPSA) is 50.4 Å². The van der Waals surface area contributed by atoms with Crippen molar-refractivity contribution < 1.29 is 9.52 Å². The molecule has 0 unspecified atom stereocenters. The van der Waals surface area contributed by atoms with Gasteiger partial charge in [0.25, 0.3) is 0 Å². The lowest BCUT2D eigenvalue weighted by Gasteiger charge is -2.15. The van der Waals surface area contributed by atoms with Crippen molar-refractivity contribution in [3.8, 4) is 5.75 Å². The van der Waals surface area contributed by atoms with Crippen LogP contribution in [0.25, 0.3) is 16.5 Å². The first-order valence-electron chi connectivity index (χ1n) is 8.97. The van der Waals surface area contributed by atoms with Crippen LogP contribution in [0.4, 0.5) is 0 Å². The van der Waals surface area contributed by atoms with Gasteiger partial charge in [-0.3, -0.25) is 4.79 Å². The highest BCUT2D eigenvalue weighted by Gasteiger charge is 2.26. The molecule has 1 fully saturated rings. The third kappa shape index (κ3) is 2.95. The minimum Gasteiger partial charge on any atom is -0.508 e. The van der Waals surface area contributed by atoms with Gasteiger partial charge in [-0.1, -0.05) is 42.7 Å². The largest absolute Gasteiger partial charge is 0.508 e. The van der Waals surface area contributed by atoms with E-state index in [0.29, 0.717) is 16.5 Å². The van der Waals surface area contributed by atoms with Crippen molar-refractivity contribution in [3.63, 3.8) is 0 Å². The van der Waals surface area contributed by atoms with Crippen LogP contribution >= 0.6 is 0 Å². The van der Waals surface area contributed by atoms with E-state index in [4.69, 9.17) is 4.42 Å². The Morgan fingerprint density at radius 2 is 1.96 bits per heavy atom. The van der Waals surface area contributed by atoms with Gasteiger partial charge in [0.05, 0.1) is 10.9 Å². The van der Waals surface area contributed by atoms with Crippen LogP contribution in [0.1, 0.15) is 56.3 Å². The Kier molecular flexibility index (Phi) is 4.08. The molecule has 0 saturated heterocycles. The third-order valence-electron chi connectivity index (χ3n) is 5.20. The van der Waals surface area contributed by atoms with Gasteiger partial charge in [-0.2, -0.15) is 0 Å². The summed E-state index contributed by atoms with van der Waals surface area (Å²) in [6.07, 6.45) is 13.6. The number of fused-ring (bicyclic) bond motifs is 1. The molecule has 0 radical (unpaired) electrons. The van der Waals surface area contributed by atoms with Gasteiger partial charge in [0.15, 0.2) is 0 Å². The predicted molar refractivity (Wildman–Crippen MR) is 101 cm³/mol. The zero-order valence-corrected chi connectivity index (χ0v) is 14.4. The summed E-state index contributed by atoms with van der Waals surface area (Å²) < 4.78 is 6.20. The molecule has 2 aromatic rings. The Labute approximate surface area is 147 Å². The first-order chi connectivity index (χ1) is 12.1. The molecule has 0 spiro atoms. The Hall–Kier alpha value is -2.55. The maximum atomic E-state index is 13.3. The molecule has 0 amide bonds. The molecule has 128 valence electrons. The van der Waals surface area contributed by atoms with Crippen LogP contribution in [0.2, 0.25) is 0 Å². The normalized spacial score (nSPS) is 18.3. The van der Waals surface area contributed by atoms with Crippen molar-refractivity contribution in [3.05, 3.63) is 69.6 Å². The summed E-state index contributed by atoms with van der Waals surface area (Å²) in [6, 6.07) is 4.74. The smallest absolute Gasteiger partial charge is 0.200 e. The third-order valence-corrected chi connectivity index (χ3v) is 5.20. The number of aromatic hydroxyl groups is 1. The Morgan fingerprint density at radius 3 is 2.76 bits per heavy atom. The van der Waals surface area contributed by atoms with Crippen LogP contribution in [-0.2, 0) is 0 Å². The lowest BCUT2D eigenvalue weighted by Crippen LogP contribution is -2.13. The summed E-state index contributed by atoms with van der Waals surface area (Å²) in [5.41, 5.74) is 3.34. The Morgan fingerprint density at radius 1 is 1.16 bits per heavy atom. The summed E-state index contributed by atoms with van der Waals surface area (Å²) in [4.78, 5) is 13.3. The highest BCUT2D eigenvalue weighted by atomic mass is 16.3. The molecule has 3 nitrogen and oxygen atoms in total. The number of hydrogen-bond acceptors (Lipinski definition) is 3. The maximum Gasteiger partial charge on any atom is 0.200 e. The number of phenolic OH excluding ortho intramolecular Hbond substituents is 1. The summed E-state index contributed by atoms with van der Waals surface area (Å²) in [5.74, 6) is 1.18. The molecule has 2 aliphatic rings. The summed E-state index contributed by atoms with van der Waals surface area (Å²) >= 11 is 0. The average molecular weight is 334 g/mol. The van der Waals surface area contributed by atoms with E-state index in [2.05, 4.69) is 19.1 Å². The van der Waals surface area contributed by atoms with Crippen molar-refractivity contribution in [2.45, 2.75) is 44.9 Å². The van der Waals surface area contributed by atoms with E-state index >= 15 is 0 Å². The van der Waals surface area contributed by atoms with Gasteiger partial charge in [-0.05, 0) is 43.9 Å². The number of allylic oxidation sites excluding steroid dienone is 6. The zero-order valence-electron chi connectivity index (χ0n) is 14.4. The van der Waals surface area contributed by atoms with E-state index in [1.54, 1.807) is 18.2 Å². The molecular weight excluding hydrogens is 312 g/mol.